The molecule has 3 aromatic carbocycles. The van der Waals surface area contributed by atoms with Crippen molar-refractivity contribution in [2.24, 2.45) is 0 Å². The summed E-state index contributed by atoms with van der Waals surface area (Å²) in [4.78, 5) is 11.6. The van der Waals surface area contributed by atoms with E-state index < -0.39 is 31.9 Å². The number of hydrogen-bond acceptors (Lipinski definition) is 7. The van der Waals surface area contributed by atoms with Gasteiger partial charge < -0.3 is 15.4 Å². The summed E-state index contributed by atoms with van der Waals surface area (Å²) in [5.74, 6) is -0.559. The van der Waals surface area contributed by atoms with E-state index in [-0.39, 0.29) is 34.5 Å². The van der Waals surface area contributed by atoms with Crippen LogP contribution in [0.2, 0.25) is 0 Å². The van der Waals surface area contributed by atoms with Gasteiger partial charge in [-0.3, -0.25) is 4.79 Å². The van der Waals surface area contributed by atoms with Crippen molar-refractivity contribution in [3.05, 3.63) is 90.0 Å². The van der Waals surface area contributed by atoms with Gasteiger partial charge >= 0.3 is 0 Å². The molecule has 0 aliphatic carbocycles. The van der Waals surface area contributed by atoms with Crippen molar-refractivity contribution in [3.63, 3.8) is 0 Å². The minimum atomic E-state index is -4.21. The van der Waals surface area contributed by atoms with E-state index >= 15 is 0 Å². The number of carbonyl (C=O) groups excluding carboxylic acids is 1. The summed E-state index contributed by atoms with van der Waals surface area (Å²) in [7, 11) is -6.30. The fourth-order valence-electron chi connectivity index (χ4n) is 4.57. The van der Waals surface area contributed by atoms with E-state index in [1.54, 1.807) is 24.3 Å². The Hall–Kier alpha value is -3.25. The number of sulfonamides is 1. The molecule has 0 radical (unpaired) electrons. The van der Waals surface area contributed by atoms with Crippen LogP contribution in [0, 0.1) is 0 Å². The molecule has 9 nitrogen and oxygen atoms in total. The van der Waals surface area contributed by atoms with Crippen molar-refractivity contribution in [1.29, 1.82) is 0 Å². The lowest BCUT2D eigenvalue weighted by Gasteiger charge is -2.32. The van der Waals surface area contributed by atoms with Crippen LogP contribution in [0.1, 0.15) is 18.1 Å². The van der Waals surface area contributed by atoms with Crippen LogP contribution in [-0.2, 0) is 37.7 Å². The summed E-state index contributed by atoms with van der Waals surface area (Å²) in [6, 6.07) is 21.3. The quantitative estimate of drug-likeness (QED) is 0.393. The highest BCUT2D eigenvalue weighted by atomic mass is 32.2. The fraction of sp³-hybridized carbons (Fsp3) is 0.296. The predicted molar refractivity (Wildman–Crippen MR) is 146 cm³/mol. The van der Waals surface area contributed by atoms with Crippen LogP contribution in [0.3, 0.4) is 0 Å². The zero-order chi connectivity index (χ0) is 27.3. The molecule has 1 amide bonds. The highest BCUT2D eigenvalue weighted by molar-refractivity contribution is 7.92. The van der Waals surface area contributed by atoms with Crippen LogP contribution in [0.25, 0.3) is 0 Å². The summed E-state index contributed by atoms with van der Waals surface area (Å²) < 4.78 is 60.5. The molecule has 3 aromatic rings. The summed E-state index contributed by atoms with van der Waals surface area (Å²) in [5.41, 5.74) is 1.89. The summed E-state index contributed by atoms with van der Waals surface area (Å²) in [5, 5.41) is 5.89. The molecule has 0 unspecified atom stereocenters. The normalized spacial score (nSPS) is 18.8. The highest BCUT2D eigenvalue weighted by Crippen LogP contribution is 2.32. The van der Waals surface area contributed by atoms with Crippen LogP contribution in [0.15, 0.2) is 83.8 Å². The molecule has 38 heavy (non-hydrogen) atoms. The predicted octanol–water partition coefficient (Wildman–Crippen LogP) is 2.80. The first kappa shape index (κ1) is 27.8. The molecule has 0 bridgehead atoms. The second-order valence-corrected chi connectivity index (χ2v) is 13.2. The first-order chi connectivity index (χ1) is 18.1. The number of methoxy groups -OCH3 is 1. The molecule has 0 aromatic heterocycles. The second kappa shape index (κ2) is 11.6. The van der Waals surface area contributed by atoms with Crippen molar-refractivity contribution < 1.29 is 26.4 Å². The van der Waals surface area contributed by atoms with Gasteiger partial charge in [-0.05, 0) is 29.3 Å². The van der Waals surface area contributed by atoms with E-state index in [1.165, 1.54) is 36.5 Å². The lowest BCUT2D eigenvalue weighted by atomic mass is 10.1. The molecule has 1 fully saturated rings. The van der Waals surface area contributed by atoms with Crippen molar-refractivity contribution in [2.75, 3.05) is 23.9 Å². The Bertz CT molecular complexity index is 1480. The number of ether oxygens (including phenoxy) is 1. The monoisotopic (exact) mass is 557 g/mol. The van der Waals surface area contributed by atoms with Crippen LogP contribution in [0.4, 0.5) is 5.69 Å². The zero-order valence-corrected chi connectivity index (χ0v) is 22.8. The van der Waals surface area contributed by atoms with E-state index in [0.29, 0.717) is 12.3 Å². The molecular formula is C27H31N3O6S2. The van der Waals surface area contributed by atoms with Gasteiger partial charge in [0.2, 0.25) is 15.9 Å². The molecular weight excluding hydrogens is 526 g/mol. The van der Waals surface area contributed by atoms with Crippen LogP contribution < -0.4 is 15.4 Å². The number of hydrogen-bond donors (Lipinski definition) is 2. The summed E-state index contributed by atoms with van der Waals surface area (Å²) in [6.07, 6.45) is 0. The lowest BCUT2D eigenvalue weighted by Crippen LogP contribution is -2.51. The number of nitrogens with zero attached hydrogens (tertiary/aromatic N) is 1. The Morgan fingerprint density at radius 3 is 2.21 bits per heavy atom. The Kier molecular flexibility index (Phi) is 8.51. The number of sulfone groups is 1. The Balaban J connectivity index is 1.74. The lowest BCUT2D eigenvalue weighted by molar-refractivity contribution is -0.114. The molecule has 2 N–H and O–H groups in total. The molecule has 11 heteroatoms. The van der Waals surface area contributed by atoms with Crippen LogP contribution in [0.5, 0.6) is 5.75 Å². The maximum absolute atomic E-state index is 14.1. The minimum Gasteiger partial charge on any atom is -0.495 e. The molecule has 1 heterocycles. The average Bonchev–Trinajstić information content (AvgIpc) is 3.20. The van der Waals surface area contributed by atoms with E-state index in [1.807, 2.05) is 36.4 Å². The number of benzene rings is 3. The Morgan fingerprint density at radius 1 is 0.974 bits per heavy atom. The molecule has 2 atom stereocenters. The van der Waals surface area contributed by atoms with Gasteiger partial charge in [-0.25, -0.2) is 16.8 Å². The second-order valence-electron chi connectivity index (χ2n) is 9.20. The topological polar surface area (TPSA) is 122 Å². The Labute approximate surface area is 223 Å². The van der Waals surface area contributed by atoms with E-state index in [4.69, 9.17) is 4.74 Å². The largest absolute Gasteiger partial charge is 0.495 e. The summed E-state index contributed by atoms with van der Waals surface area (Å²) >= 11 is 0. The SMILES string of the molecule is COc1ccc(S(=O)(=O)N(Cc2ccccc2)[C@H]2CS(=O)(=O)C[C@H]2NCc2ccccc2)cc1NC(C)=O. The van der Waals surface area contributed by atoms with Crippen molar-refractivity contribution in [2.45, 2.75) is 37.0 Å². The molecule has 4 rings (SSSR count). The van der Waals surface area contributed by atoms with Gasteiger partial charge in [0.05, 0.1) is 35.2 Å². The zero-order valence-electron chi connectivity index (χ0n) is 21.2. The molecule has 1 aliphatic heterocycles. The maximum atomic E-state index is 14.1. The van der Waals surface area contributed by atoms with Gasteiger partial charge in [0.1, 0.15) is 5.75 Å². The van der Waals surface area contributed by atoms with Crippen LogP contribution in [-0.4, -0.2) is 57.7 Å². The minimum absolute atomic E-state index is 0.0195. The molecule has 1 aliphatic rings. The first-order valence-corrected chi connectivity index (χ1v) is 15.3. The van der Waals surface area contributed by atoms with Gasteiger partial charge in [-0.1, -0.05) is 60.7 Å². The molecule has 0 spiro atoms. The number of anilines is 1. The van der Waals surface area contributed by atoms with Crippen molar-refractivity contribution in [3.8, 4) is 5.75 Å². The fourth-order valence-corrected chi connectivity index (χ4v) is 8.29. The maximum Gasteiger partial charge on any atom is 0.243 e. The molecule has 1 saturated heterocycles. The molecule has 202 valence electrons. The standard InChI is InChI=1S/C27H31N3O6S2/c1-20(31)29-24-15-23(13-14-27(24)36-2)38(34,35)30(17-22-11-7-4-8-12-22)26-19-37(32,33)18-25(26)28-16-21-9-5-3-6-10-21/h3-15,25-26,28H,16-19H2,1-2H3,(H,29,31)/t25-,26+/m1/s1. The smallest absolute Gasteiger partial charge is 0.243 e. The van der Waals surface area contributed by atoms with Gasteiger partial charge in [0.25, 0.3) is 0 Å². The first-order valence-electron chi connectivity index (χ1n) is 12.1. The van der Waals surface area contributed by atoms with E-state index in [0.717, 1.165) is 11.1 Å². The highest BCUT2D eigenvalue weighted by Gasteiger charge is 2.45. The van der Waals surface area contributed by atoms with Gasteiger partial charge in [-0.2, -0.15) is 4.31 Å². The van der Waals surface area contributed by atoms with E-state index in [9.17, 15) is 21.6 Å². The van der Waals surface area contributed by atoms with Gasteiger partial charge in [0, 0.05) is 26.1 Å². The number of nitrogens with one attached hydrogen (secondary N) is 2. The third kappa shape index (κ3) is 6.60. The number of rotatable bonds is 10. The number of carbonyl (C=O) groups is 1. The third-order valence-corrected chi connectivity index (χ3v) is 9.96. The van der Waals surface area contributed by atoms with Gasteiger partial charge in [0.15, 0.2) is 9.84 Å². The average molecular weight is 558 g/mol. The van der Waals surface area contributed by atoms with Crippen molar-refractivity contribution >= 4 is 31.5 Å². The van der Waals surface area contributed by atoms with Gasteiger partial charge in [-0.15, -0.1) is 0 Å². The van der Waals surface area contributed by atoms with E-state index in [2.05, 4.69) is 10.6 Å². The third-order valence-electron chi connectivity index (χ3n) is 6.37. The Morgan fingerprint density at radius 2 is 1.61 bits per heavy atom. The molecule has 0 saturated carbocycles. The van der Waals surface area contributed by atoms with Crippen LogP contribution >= 0.6 is 0 Å². The number of amides is 1. The summed E-state index contributed by atoms with van der Waals surface area (Å²) in [6.45, 7) is 1.69. The van der Waals surface area contributed by atoms with Crippen molar-refractivity contribution in [1.82, 2.24) is 9.62 Å².